The molecule has 0 aliphatic carbocycles. The van der Waals surface area contributed by atoms with Crippen LogP contribution in [0.2, 0.25) is 0 Å². The molecule has 0 fully saturated rings. The molecule has 1 aliphatic heterocycles. The summed E-state index contributed by atoms with van der Waals surface area (Å²) < 4.78 is 12.4. The molecule has 0 saturated heterocycles. The molecule has 1 heterocycles. The average Bonchev–Trinajstić information content (AvgIpc) is 1.80. The Morgan fingerprint density at radius 1 is 1.78 bits per heavy atom. The highest BCUT2D eigenvalue weighted by atomic mass is 35.5. The predicted octanol–water partition coefficient (Wildman–Crippen LogP) is 1.09. The zero-order chi connectivity index (χ0) is 6.85. The number of amidine groups is 1. The lowest BCUT2D eigenvalue weighted by Gasteiger charge is -2.19. The van der Waals surface area contributed by atoms with Crippen LogP contribution in [0.15, 0.2) is 4.99 Å². The summed E-state index contributed by atoms with van der Waals surface area (Å²) in [6, 6.07) is 0. The molecular weight excluding hydrogens is 166 g/mol. The van der Waals surface area contributed by atoms with Crippen LogP contribution >= 0.6 is 23.2 Å². The third-order valence-electron chi connectivity index (χ3n) is 0.979. The first-order chi connectivity index (χ1) is 4.20. The maximum atomic E-state index is 12.4. The first kappa shape index (κ1) is 7.09. The van der Waals surface area contributed by atoms with E-state index in [0.717, 1.165) is 0 Å². The monoisotopic (exact) mass is 170 g/mol. The molecule has 5 heteroatoms. The van der Waals surface area contributed by atoms with Crippen LogP contribution in [-0.4, -0.2) is 23.5 Å². The van der Waals surface area contributed by atoms with Gasteiger partial charge in [-0.2, -0.15) is 0 Å². The average molecular weight is 171 g/mol. The summed E-state index contributed by atoms with van der Waals surface area (Å²) in [5.74, 6) is 0. The third kappa shape index (κ3) is 1.69. The quantitative estimate of drug-likeness (QED) is 0.428. The van der Waals surface area contributed by atoms with E-state index < -0.39 is 11.7 Å². The first-order valence-electron chi connectivity index (χ1n) is 2.45. The Morgan fingerprint density at radius 3 is 2.89 bits per heavy atom. The lowest BCUT2D eigenvalue weighted by Crippen LogP contribution is -2.40. The SMILES string of the molecule is FC1CN=C(Cl)NC1Cl. The minimum atomic E-state index is -1.13. The van der Waals surface area contributed by atoms with Gasteiger partial charge in [0.25, 0.3) is 0 Å². The highest BCUT2D eigenvalue weighted by molar-refractivity contribution is 6.65. The van der Waals surface area contributed by atoms with Crippen molar-refractivity contribution in [3.05, 3.63) is 0 Å². The number of halogens is 3. The molecule has 0 radical (unpaired) electrons. The highest BCUT2D eigenvalue weighted by Crippen LogP contribution is 2.09. The van der Waals surface area contributed by atoms with Gasteiger partial charge in [-0.25, -0.2) is 4.39 Å². The number of nitrogens with zero attached hydrogens (tertiary/aromatic N) is 1. The largest absolute Gasteiger partial charge is 0.342 e. The molecule has 1 aliphatic rings. The minimum absolute atomic E-state index is 0.0556. The van der Waals surface area contributed by atoms with E-state index in [1.54, 1.807) is 0 Å². The fourth-order valence-electron chi connectivity index (χ4n) is 0.510. The fourth-order valence-corrected chi connectivity index (χ4v) is 0.935. The summed E-state index contributed by atoms with van der Waals surface area (Å²) in [6.07, 6.45) is -1.13. The molecular formula is C4H5Cl2FN2. The molecule has 0 aromatic carbocycles. The zero-order valence-electron chi connectivity index (χ0n) is 4.44. The maximum absolute atomic E-state index is 12.4. The third-order valence-corrected chi connectivity index (χ3v) is 1.59. The second-order valence-corrected chi connectivity index (χ2v) is 2.52. The van der Waals surface area contributed by atoms with Crippen molar-refractivity contribution in [3.8, 4) is 0 Å². The second-order valence-electron chi connectivity index (χ2n) is 1.69. The number of alkyl halides is 2. The molecule has 0 aromatic heterocycles. The van der Waals surface area contributed by atoms with Gasteiger partial charge in [0.2, 0.25) is 0 Å². The van der Waals surface area contributed by atoms with Gasteiger partial charge in [0.15, 0.2) is 11.5 Å². The molecule has 1 N–H and O–H groups in total. The van der Waals surface area contributed by atoms with E-state index in [4.69, 9.17) is 23.2 Å². The van der Waals surface area contributed by atoms with Crippen molar-refractivity contribution in [1.82, 2.24) is 5.32 Å². The molecule has 1 rings (SSSR count). The van der Waals surface area contributed by atoms with Crippen LogP contribution in [0.4, 0.5) is 4.39 Å². The Balaban J connectivity index is 2.54. The lowest BCUT2D eigenvalue weighted by molar-refractivity contribution is 0.313. The second kappa shape index (κ2) is 2.71. The zero-order valence-corrected chi connectivity index (χ0v) is 5.95. The van der Waals surface area contributed by atoms with E-state index in [1.165, 1.54) is 0 Å². The van der Waals surface area contributed by atoms with Crippen molar-refractivity contribution >= 4 is 28.5 Å². The Morgan fingerprint density at radius 2 is 2.44 bits per heavy atom. The topological polar surface area (TPSA) is 24.4 Å². The van der Waals surface area contributed by atoms with Gasteiger partial charge >= 0.3 is 0 Å². The molecule has 0 bridgehead atoms. The smallest absolute Gasteiger partial charge is 0.192 e. The molecule has 52 valence electrons. The minimum Gasteiger partial charge on any atom is -0.342 e. The fraction of sp³-hybridized carbons (Fsp3) is 0.750. The highest BCUT2D eigenvalue weighted by Gasteiger charge is 2.22. The van der Waals surface area contributed by atoms with Crippen molar-refractivity contribution in [2.24, 2.45) is 4.99 Å². The molecule has 0 aromatic rings. The lowest BCUT2D eigenvalue weighted by atomic mass is 10.3. The van der Waals surface area contributed by atoms with Crippen molar-refractivity contribution in [3.63, 3.8) is 0 Å². The van der Waals surface area contributed by atoms with Gasteiger partial charge in [-0.3, -0.25) is 4.99 Å². The van der Waals surface area contributed by atoms with Gasteiger partial charge in [0.1, 0.15) is 5.50 Å². The molecule has 2 unspecified atom stereocenters. The standard InChI is InChI=1S/C4H5Cl2FN2/c5-3-2(7)1-8-4(6)9-3/h2-3H,1H2,(H,8,9). The van der Waals surface area contributed by atoms with Gasteiger partial charge in [-0.1, -0.05) is 11.6 Å². The van der Waals surface area contributed by atoms with Crippen LogP contribution in [0.25, 0.3) is 0 Å². The van der Waals surface area contributed by atoms with Crippen LogP contribution in [0.5, 0.6) is 0 Å². The molecule has 0 amide bonds. The van der Waals surface area contributed by atoms with E-state index in [-0.39, 0.29) is 11.8 Å². The number of hydrogen-bond donors (Lipinski definition) is 1. The summed E-state index contributed by atoms with van der Waals surface area (Å²) in [5, 5.41) is 2.62. The molecule has 0 spiro atoms. The Hall–Kier alpha value is -0.0200. The van der Waals surface area contributed by atoms with Gasteiger partial charge in [-0.15, -0.1) is 0 Å². The summed E-state index contributed by atoms with van der Waals surface area (Å²) >= 11 is 10.8. The van der Waals surface area contributed by atoms with E-state index in [2.05, 4.69) is 10.3 Å². The number of rotatable bonds is 0. The van der Waals surface area contributed by atoms with Crippen LogP contribution in [0.3, 0.4) is 0 Å². The number of hydrogen-bond acceptors (Lipinski definition) is 2. The van der Waals surface area contributed by atoms with Crippen molar-refractivity contribution in [2.75, 3.05) is 6.54 Å². The Kier molecular flexibility index (Phi) is 2.13. The van der Waals surface area contributed by atoms with Crippen LogP contribution in [0.1, 0.15) is 0 Å². The first-order valence-corrected chi connectivity index (χ1v) is 3.26. The van der Waals surface area contributed by atoms with Crippen LogP contribution < -0.4 is 5.32 Å². The molecule has 0 saturated carbocycles. The maximum Gasteiger partial charge on any atom is 0.192 e. The Labute approximate surface area is 62.0 Å². The van der Waals surface area contributed by atoms with E-state index >= 15 is 0 Å². The molecule has 9 heavy (non-hydrogen) atoms. The molecule has 2 nitrogen and oxygen atoms in total. The molecule has 2 atom stereocenters. The summed E-state index contributed by atoms with van der Waals surface area (Å²) in [7, 11) is 0. The van der Waals surface area contributed by atoms with Crippen LogP contribution in [-0.2, 0) is 0 Å². The summed E-state index contributed by atoms with van der Waals surface area (Å²) in [5.41, 5.74) is -0.727. The Bertz CT molecular complexity index is 139. The van der Waals surface area contributed by atoms with Crippen molar-refractivity contribution in [1.29, 1.82) is 0 Å². The van der Waals surface area contributed by atoms with Gasteiger partial charge in [0.05, 0.1) is 6.54 Å². The van der Waals surface area contributed by atoms with Crippen LogP contribution in [0, 0.1) is 0 Å². The van der Waals surface area contributed by atoms with E-state index in [1.807, 2.05) is 0 Å². The van der Waals surface area contributed by atoms with Crippen molar-refractivity contribution in [2.45, 2.75) is 11.7 Å². The van der Waals surface area contributed by atoms with Crippen molar-refractivity contribution < 1.29 is 4.39 Å². The normalized spacial score (nSPS) is 35.2. The van der Waals surface area contributed by atoms with E-state index in [9.17, 15) is 4.39 Å². The number of aliphatic imine (C=N–C) groups is 1. The summed E-state index contributed by atoms with van der Waals surface area (Å²) in [4.78, 5) is 3.57. The predicted molar refractivity (Wildman–Crippen MR) is 35.8 cm³/mol. The summed E-state index contributed by atoms with van der Waals surface area (Å²) in [6.45, 7) is 0.0556. The van der Waals surface area contributed by atoms with Gasteiger partial charge < -0.3 is 5.32 Å². The van der Waals surface area contributed by atoms with Gasteiger partial charge in [-0.05, 0) is 11.6 Å². The van der Waals surface area contributed by atoms with Gasteiger partial charge in [0, 0.05) is 0 Å². The van der Waals surface area contributed by atoms with E-state index in [0.29, 0.717) is 0 Å². The number of nitrogens with one attached hydrogen (secondary N) is 1.